The standard InChI is InChI=1S/C27H26N2O3/c1-5-32-26-16-25(19-7-6-8-21(14-19)31-4)28-24-12-10-20(15-22(24)26)27(30)29-23-11-9-17(2)13-18(23)3/h6-16H,5H2,1-4H3,(H,29,30). The molecule has 4 rings (SSSR count). The van der Waals surface area contributed by atoms with Crippen LogP contribution in [0.5, 0.6) is 11.5 Å². The van der Waals surface area contributed by atoms with Gasteiger partial charge in [0, 0.05) is 28.3 Å². The van der Waals surface area contributed by atoms with E-state index >= 15 is 0 Å². The number of nitrogens with zero attached hydrogens (tertiary/aromatic N) is 1. The van der Waals surface area contributed by atoms with E-state index in [1.807, 2.05) is 81.4 Å². The molecule has 0 aliphatic rings. The smallest absolute Gasteiger partial charge is 0.255 e. The largest absolute Gasteiger partial charge is 0.497 e. The summed E-state index contributed by atoms with van der Waals surface area (Å²) in [6.07, 6.45) is 0. The topological polar surface area (TPSA) is 60.5 Å². The van der Waals surface area contributed by atoms with Gasteiger partial charge in [-0.3, -0.25) is 4.79 Å². The normalized spacial score (nSPS) is 10.8. The Morgan fingerprint density at radius 1 is 1.00 bits per heavy atom. The van der Waals surface area contributed by atoms with Crippen molar-refractivity contribution < 1.29 is 14.3 Å². The van der Waals surface area contributed by atoms with Gasteiger partial charge in [-0.05, 0) is 62.7 Å². The molecule has 1 amide bonds. The highest BCUT2D eigenvalue weighted by Gasteiger charge is 2.14. The first-order chi connectivity index (χ1) is 15.5. The van der Waals surface area contributed by atoms with Gasteiger partial charge in [0.05, 0.1) is 24.9 Å². The number of methoxy groups -OCH3 is 1. The van der Waals surface area contributed by atoms with Crippen molar-refractivity contribution in [1.82, 2.24) is 4.98 Å². The van der Waals surface area contributed by atoms with Crippen molar-refractivity contribution in [2.75, 3.05) is 19.0 Å². The molecule has 5 nitrogen and oxygen atoms in total. The van der Waals surface area contributed by atoms with E-state index in [1.54, 1.807) is 13.2 Å². The number of ether oxygens (including phenoxy) is 2. The second-order valence-electron chi connectivity index (χ2n) is 7.68. The zero-order valence-electron chi connectivity index (χ0n) is 18.7. The summed E-state index contributed by atoms with van der Waals surface area (Å²) in [4.78, 5) is 17.7. The van der Waals surface area contributed by atoms with Crippen LogP contribution in [0.3, 0.4) is 0 Å². The third-order valence-corrected chi connectivity index (χ3v) is 5.33. The zero-order valence-corrected chi connectivity index (χ0v) is 18.7. The summed E-state index contributed by atoms with van der Waals surface area (Å²) in [5, 5.41) is 3.80. The summed E-state index contributed by atoms with van der Waals surface area (Å²) in [5.74, 6) is 1.29. The molecule has 0 fully saturated rings. The van der Waals surface area contributed by atoms with Crippen LogP contribution in [-0.2, 0) is 0 Å². The van der Waals surface area contributed by atoms with Crippen LogP contribution in [-0.4, -0.2) is 24.6 Å². The van der Waals surface area contributed by atoms with Crippen molar-refractivity contribution in [2.45, 2.75) is 20.8 Å². The molecule has 0 saturated carbocycles. The third kappa shape index (κ3) is 4.42. The van der Waals surface area contributed by atoms with Crippen LogP contribution in [0.2, 0.25) is 0 Å². The first-order valence-electron chi connectivity index (χ1n) is 10.6. The lowest BCUT2D eigenvalue weighted by molar-refractivity contribution is 0.102. The van der Waals surface area contributed by atoms with Crippen LogP contribution in [0.15, 0.2) is 66.7 Å². The number of rotatable bonds is 6. The van der Waals surface area contributed by atoms with Crippen molar-refractivity contribution in [1.29, 1.82) is 0 Å². The van der Waals surface area contributed by atoms with Gasteiger partial charge >= 0.3 is 0 Å². The minimum absolute atomic E-state index is 0.168. The first-order valence-corrected chi connectivity index (χ1v) is 10.6. The van der Waals surface area contributed by atoms with E-state index in [4.69, 9.17) is 14.5 Å². The fraction of sp³-hybridized carbons (Fsp3) is 0.185. The summed E-state index contributed by atoms with van der Waals surface area (Å²) in [5.41, 5.74) is 6.02. The molecule has 0 radical (unpaired) electrons. The lowest BCUT2D eigenvalue weighted by atomic mass is 10.1. The van der Waals surface area contributed by atoms with Crippen molar-refractivity contribution in [2.24, 2.45) is 0 Å². The molecule has 1 aromatic heterocycles. The van der Waals surface area contributed by atoms with E-state index in [2.05, 4.69) is 5.32 Å². The fourth-order valence-corrected chi connectivity index (χ4v) is 3.69. The van der Waals surface area contributed by atoms with E-state index in [9.17, 15) is 4.79 Å². The highest BCUT2D eigenvalue weighted by Crippen LogP contribution is 2.32. The Balaban J connectivity index is 1.72. The number of hydrogen-bond acceptors (Lipinski definition) is 4. The second-order valence-corrected chi connectivity index (χ2v) is 7.68. The van der Waals surface area contributed by atoms with Crippen LogP contribution >= 0.6 is 0 Å². The van der Waals surface area contributed by atoms with Gasteiger partial charge < -0.3 is 14.8 Å². The molecule has 1 heterocycles. The van der Waals surface area contributed by atoms with E-state index in [0.717, 1.165) is 44.7 Å². The van der Waals surface area contributed by atoms with Gasteiger partial charge in [0.1, 0.15) is 11.5 Å². The van der Waals surface area contributed by atoms with Crippen molar-refractivity contribution in [3.63, 3.8) is 0 Å². The van der Waals surface area contributed by atoms with Gasteiger partial charge in [-0.15, -0.1) is 0 Å². The number of fused-ring (bicyclic) bond motifs is 1. The molecule has 3 aromatic carbocycles. The zero-order chi connectivity index (χ0) is 22.7. The first kappa shape index (κ1) is 21.4. The maximum atomic E-state index is 12.9. The molecule has 0 aliphatic heterocycles. The van der Waals surface area contributed by atoms with Gasteiger partial charge in [-0.25, -0.2) is 4.98 Å². The molecule has 0 unspecified atom stereocenters. The predicted octanol–water partition coefficient (Wildman–Crippen LogP) is 6.18. The summed E-state index contributed by atoms with van der Waals surface area (Å²) in [6, 6.07) is 21.1. The molecular weight excluding hydrogens is 400 g/mol. The van der Waals surface area contributed by atoms with Gasteiger partial charge in [-0.2, -0.15) is 0 Å². The average molecular weight is 427 g/mol. The summed E-state index contributed by atoms with van der Waals surface area (Å²) in [7, 11) is 1.64. The number of aryl methyl sites for hydroxylation is 2. The fourth-order valence-electron chi connectivity index (χ4n) is 3.69. The van der Waals surface area contributed by atoms with Crippen LogP contribution in [0.25, 0.3) is 22.2 Å². The molecule has 0 spiro atoms. The number of amides is 1. The molecule has 5 heteroatoms. The SMILES string of the molecule is CCOc1cc(-c2cccc(OC)c2)nc2ccc(C(=O)Nc3ccc(C)cc3C)cc12. The highest BCUT2D eigenvalue weighted by atomic mass is 16.5. The number of carbonyl (C=O) groups is 1. The number of hydrogen-bond donors (Lipinski definition) is 1. The van der Waals surface area contributed by atoms with Gasteiger partial charge in [-0.1, -0.05) is 29.8 Å². The van der Waals surface area contributed by atoms with Crippen LogP contribution < -0.4 is 14.8 Å². The minimum Gasteiger partial charge on any atom is -0.497 e. The lowest BCUT2D eigenvalue weighted by Crippen LogP contribution is -2.13. The third-order valence-electron chi connectivity index (χ3n) is 5.33. The van der Waals surface area contributed by atoms with Crippen molar-refractivity contribution >= 4 is 22.5 Å². The molecule has 0 bridgehead atoms. The van der Waals surface area contributed by atoms with E-state index in [1.165, 1.54) is 0 Å². The molecule has 0 saturated heterocycles. The molecule has 162 valence electrons. The van der Waals surface area contributed by atoms with Crippen LogP contribution in [0, 0.1) is 13.8 Å². The van der Waals surface area contributed by atoms with E-state index < -0.39 is 0 Å². The Hall–Kier alpha value is -3.86. The van der Waals surface area contributed by atoms with Crippen molar-refractivity contribution in [3.05, 3.63) is 83.4 Å². The number of anilines is 1. The van der Waals surface area contributed by atoms with Crippen LogP contribution in [0.4, 0.5) is 5.69 Å². The monoisotopic (exact) mass is 426 g/mol. The summed E-state index contributed by atoms with van der Waals surface area (Å²) in [6.45, 7) is 6.47. The quantitative estimate of drug-likeness (QED) is 0.400. The molecule has 0 atom stereocenters. The Morgan fingerprint density at radius 3 is 2.59 bits per heavy atom. The molecular formula is C27H26N2O3. The molecule has 1 N–H and O–H groups in total. The highest BCUT2D eigenvalue weighted by molar-refractivity contribution is 6.07. The summed E-state index contributed by atoms with van der Waals surface area (Å²) >= 11 is 0. The number of benzene rings is 3. The van der Waals surface area contributed by atoms with Crippen LogP contribution in [0.1, 0.15) is 28.4 Å². The molecule has 32 heavy (non-hydrogen) atoms. The number of nitrogens with one attached hydrogen (secondary N) is 1. The van der Waals surface area contributed by atoms with Gasteiger partial charge in [0.2, 0.25) is 0 Å². The van der Waals surface area contributed by atoms with Gasteiger partial charge in [0.25, 0.3) is 5.91 Å². The maximum absolute atomic E-state index is 12.9. The molecule has 0 aliphatic carbocycles. The Labute approximate surface area is 188 Å². The average Bonchev–Trinajstić information content (AvgIpc) is 2.80. The Kier molecular flexibility index (Phi) is 6.08. The number of carbonyl (C=O) groups excluding carboxylic acids is 1. The minimum atomic E-state index is -0.168. The number of pyridine rings is 1. The summed E-state index contributed by atoms with van der Waals surface area (Å²) < 4.78 is 11.3. The van der Waals surface area contributed by atoms with E-state index in [-0.39, 0.29) is 5.91 Å². The Morgan fingerprint density at radius 2 is 1.84 bits per heavy atom. The van der Waals surface area contributed by atoms with E-state index in [0.29, 0.717) is 17.9 Å². The van der Waals surface area contributed by atoms with Gasteiger partial charge in [0.15, 0.2) is 0 Å². The Bertz CT molecular complexity index is 1300. The number of aromatic nitrogens is 1. The molecule has 4 aromatic rings. The second kappa shape index (κ2) is 9.10. The lowest BCUT2D eigenvalue weighted by Gasteiger charge is -2.13. The predicted molar refractivity (Wildman–Crippen MR) is 129 cm³/mol. The maximum Gasteiger partial charge on any atom is 0.255 e. The van der Waals surface area contributed by atoms with Crippen molar-refractivity contribution in [3.8, 4) is 22.8 Å².